The third-order valence-corrected chi connectivity index (χ3v) is 2.53. The summed E-state index contributed by atoms with van der Waals surface area (Å²) in [6.07, 6.45) is 1.54. The van der Waals surface area contributed by atoms with E-state index >= 15 is 0 Å². The van der Waals surface area contributed by atoms with Crippen LogP contribution < -0.4 is 5.32 Å². The summed E-state index contributed by atoms with van der Waals surface area (Å²) in [6.45, 7) is 4.95. The summed E-state index contributed by atoms with van der Waals surface area (Å²) < 4.78 is 1.74. The molecule has 2 N–H and O–H groups in total. The maximum absolute atomic E-state index is 8.94. The molecule has 1 rings (SSSR count). The highest BCUT2D eigenvalue weighted by Crippen LogP contribution is 2.01. The van der Waals surface area contributed by atoms with E-state index in [4.69, 9.17) is 5.11 Å². The van der Waals surface area contributed by atoms with Crippen LogP contribution in [0, 0.1) is 5.92 Å². The van der Waals surface area contributed by atoms with Gasteiger partial charge in [0.25, 0.3) is 0 Å². The zero-order chi connectivity index (χ0) is 10.6. The van der Waals surface area contributed by atoms with Crippen LogP contribution in [-0.4, -0.2) is 32.5 Å². The number of nitrogens with one attached hydrogen (secondary N) is 1. The SMILES string of the molecule is CC(CO)C(C)NCc1ncnn1C. The van der Waals surface area contributed by atoms with E-state index in [0.29, 0.717) is 6.54 Å². The van der Waals surface area contributed by atoms with E-state index in [-0.39, 0.29) is 18.6 Å². The van der Waals surface area contributed by atoms with Crippen LogP contribution >= 0.6 is 0 Å². The Bertz CT molecular complexity index is 274. The lowest BCUT2D eigenvalue weighted by molar-refractivity contribution is 0.206. The molecule has 80 valence electrons. The van der Waals surface area contributed by atoms with E-state index in [1.807, 2.05) is 14.0 Å². The van der Waals surface area contributed by atoms with Gasteiger partial charge < -0.3 is 10.4 Å². The number of aryl methyl sites for hydroxylation is 1. The van der Waals surface area contributed by atoms with E-state index in [0.717, 1.165) is 5.82 Å². The average molecular weight is 198 g/mol. The Kier molecular flexibility index (Phi) is 4.03. The van der Waals surface area contributed by atoms with E-state index in [2.05, 4.69) is 22.3 Å². The summed E-state index contributed by atoms with van der Waals surface area (Å²) in [7, 11) is 1.87. The fourth-order valence-electron chi connectivity index (χ4n) is 1.09. The molecule has 0 fully saturated rings. The van der Waals surface area contributed by atoms with Crippen LogP contribution in [0.1, 0.15) is 19.7 Å². The molecule has 0 spiro atoms. The molecule has 1 aromatic rings. The lowest BCUT2D eigenvalue weighted by atomic mass is 10.1. The highest BCUT2D eigenvalue weighted by atomic mass is 16.3. The summed E-state index contributed by atoms with van der Waals surface area (Å²) in [4.78, 5) is 4.10. The van der Waals surface area contributed by atoms with Crippen LogP contribution in [0.25, 0.3) is 0 Å². The van der Waals surface area contributed by atoms with Gasteiger partial charge in [-0.15, -0.1) is 0 Å². The Morgan fingerprint density at radius 3 is 2.79 bits per heavy atom. The van der Waals surface area contributed by atoms with Crippen molar-refractivity contribution in [3.63, 3.8) is 0 Å². The van der Waals surface area contributed by atoms with Crippen molar-refractivity contribution in [3.8, 4) is 0 Å². The Hall–Kier alpha value is -0.940. The molecule has 0 saturated carbocycles. The number of aliphatic hydroxyl groups is 1. The third kappa shape index (κ3) is 2.78. The quantitative estimate of drug-likeness (QED) is 0.694. The first kappa shape index (κ1) is 11.1. The minimum absolute atomic E-state index is 0.201. The van der Waals surface area contributed by atoms with Gasteiger partial charge in [-0.05, 0) is 12.8 Å². The smallest absolute Gasteiger partial charge is 0.140 e. The highest BCUT2D eigenvalue weighted by molar-refractivity contribution is 4.83. The number of aromatic nitrogens is 3. The van der Waals surface area contributed by atoms with Crippen LogP contribution in [0.2, 0.25) is 0 Å². The lowest BCUT2D eigenvalue weighted by Crippen LogP contribution is -2.34. The predicted molar refractivity (Wildman–Crippen MR) is 53.6 cm³/mol. The van der Waals surface area contributed by atoms with Gasteiger partial charge in [0.1, 0.15) is 12.2 Å². The molecule has 2 atom stereocenters. The lowest BCUT2D eigenvalue weighted by Gasteiger charge is -2.18. The van der Waals surface area contributed by atoms with Gasteiger partial charge in [-0.1, -0.05) is 6.92 Å². The van der Waals surface area contributed by atoms with Gasteiger partial charge >= 0.3 is 0 Å². The van der Waals surface area contributed by atoms with Crippen LogP contribution in [0.15, 0.2) is 6.33 Å². The first-order chi connectivity index (χ1) is 6.65. The molecule has 0 radical (unpaired) electrons. The van der Waals surface area contributed by atoms with Gasteiger partial charge in [-0.25, -0.2) is 4.98 Å². The number of rotatable bonds is 5. The van der Waals surface area contributed by atoms with Gasteiger partial charge in [-0.2, -0.15) is 5.10 Å². The molecule has 5 heteroatoms. The van der Waals surface area contributed by atoms with Crippen molar-refractivity contribution >= 4 is 0 Å². The topological polar surface area (TPSA) is 63.0 Å². The summed E-state index contributed by atoms with van der Waals surface area (Å²) in [6, 6.07) is 0.275. The maximum atomic E-state index is 8.94. The van der Waals surface area contributed by atoms with E-state index in [1.165, 1.54) is 6.33 Å². The number of hydrogen-bond donors (Lipinski definition) is 2. The molecular formula is C9H18N4O. The summed E-state index contributed by atoms with van der Waals surface area (Å²) in [5, 5.41) is 16.2. The first-order valence-electron chi connectivity index (χ1n) is 4.82. The minimum atomic E-state index is 0.201. The largest absolute Gasteiger partial charge is 0.396 e. The molecule has 5 nitrogen and oxygen atoms in total. The predicted octanol–water partition coefficient (Wildman–Crippen LogP) is -0.0784. The Morgan fingerprint density at radius 1 is 1.57 bits per heavy atom. The average Bonchev–Trinajstić information content (AvgIpc) is 2.59. The summed E-state index contributed by atoms with van der Waals surface area (Å²) >= 11 is 0. The van der Waals surface area contributed by atoms with Gasteiger partial charge in [0.2, 0.25) is 0 Å². The zero-order valence-electron chi connectivity index (χ0n) is 8.94. The van der Waals surface area contributed by atoms with Crippen molar-refractivity contribution in [2.24, 2.45) is 13.0 Å². The minimum Gasteiger partial charge on any atom is -0.396 e. The van der Waals surface area contributed by atoms with Gasteiger partial charge in [0.15, 0.2) is 0 Å². The van der Waals surface area contributed by atoms with Crippen molar-refractivity contribution in [1.82, 2.24) is 20.1 Å². The molecule has 0 aromatic carbocycles. The molecule has 0 saturated heterocycles. The highest BCUT2D eigenvalue weighted by Gasteiger charge is 2.11. The van der Waals surface area contributed by atoms with Crippen LogP contribution in [0.4, 0.5) is 0 Å². The van der Waals surface area contributed by atoms with Crippen LogP contribution in [-0.2, 0) is 13.6 Å². The molecule has 0 amide bonds. The first-order valence-corrected chi connectivity index (χ1v) is 4.82. The molecule has 0 aliphatic carbocycles. The molecule has 0 aliphatic rings. The van der Waals surface area contributed by atoms with Crippen molar-refractivity contribution in [3.05, 3.63) is 12.2 Å². The number of nitrogens with zero attached hydrogens (tertiary/aromatic N) is 3. The molecule has 2 unspecified atom stereocenters. The molecule has 14 heavy (non-hydrogen) atoms. The van der Waals surface area contributed by atoms with Crippen molar-refractivity contribution < 1.29 is 5.11 Å². The Morgan fingerprint density at radius 2 is 2.29 bits per heavy atom. The second kappa shape index (κ2) is 5.07. The monoisotopic (exact) mass is 198 g/mol. The number of hydrogen-bond acceptors (Lipinski definition) is 4. The Balaban J connectivity index is 2.37. The summed E-state index contributed by atoms with van der Waals surface area (Å²) in [5.41, 5.74) is 0. The fraction of sp³-hybridized carbons (Fsp3) is 0.778. The van der Waals surface area contributed by atoms with Crippen LogP contribution in [0.3, 0.4) is 0 Å². The molecule has 1 heterocycles. The second-order valence-electron chi connectivity index (χ2n) is 3.63. The molecule has 1 aromatic heterocycles. The van der Waals surface area contributed by atoms with E-state index in [1.54, 1.807) is 4.68 Å². The molecule has 0 aliphatic heterocycles. The molecule has 0 bridgehead atoms. The van der Waals surface area contributed by atoms with Crippen LogP contribution in [0.5, 0.6) is 0 Å². The normalized spacial score (nSPS) is 15.4. The standard InChI is InChI=1S/C9H18N4O/c1-7(5-14)8(2)10-4-9-11-6-12-13(9)3/h6-8,10,14H,4-5H2,1-3H3. The van der Waals surface area contributed by atoms with E-state index < -0.39 is 0 Å². The van der Waals surface area contributed by atoms with Crippen molar-refractivity contribution in [2.45, 2.75) is 26.4 Å². The van der Waals surface area contributed by atoms with Crippen molar-refractivity contribution in [2.75, 3.05) is 6.61 Å². The number of aliphatic hydroxyl groups excluding tert-OH is 1. The van der Waals surface area contributed by atoms with Gasteiger partial charge in [-0.3, -0.25) is 4.68 Å². The fourth-order valence-corrected chi connectivity index (χ4v) is 1.09. The van der Waals surface area contributed by atoms with Gasteiger partial charge in [0, 0.05) is 19.7 Å². The summed E-state index contributed by atoms with van der Waals surface area (Å²) in [5.74, 6) is 1.16. The Labute approximate surface area is 84.2 Å². The third-order valence-electron chi connectivity index (χ3n) is 2.53. The van der Waals surface area contributed by atoms with Crippen molar-refractivity contribution in [1.29, 1.82) is 0 Å². The van der Waals surface area contributed by atoms with Gasteiger partial charge in [0.05, 0.1) is 6.54 Å². The second-order valence-corrected chi connectivity index (χ2v) is 3.63. The molecular weight excluding hydrogens is 180 g/mol. The van der Waals surface area contributed by atoms with E-state index in [9.17, 15) is 0 Å². The maximum Gasteiger partial charge on any atom is 0.140 e. The zero-order valence-corrected chi connectivity index (χ0v) is 8.94.